The van der Waals surface area contributed by atoms with Gasteiger partial charge in [-0.15, -0.1) is 0 Å². The van der Waals surface area contributed by atoms with E-state index in [1.807, 2.05) is 60.7 Å². The second-order valence-corrected chi connectivity index (χ2v) is 7.97. The quantitative estimate of drug-likeness (QED) is 0.526. The van der Waals surface area contributed by atoms with Crippen molar-refractivity contribution in [1.29, 1.82) is 0 Å². The number of benzene rings is 3. The van der Waals surface area contributed by atoms with Gasteiger partial charge in [0, 0.05) is 17.7 Å². The summed E-state index contributed by atoms with van der Waals surface area (Å²) < 4.78 is 16.1. The largest absolute Gasteiger partial charge is 0.496 e. The molecule has 4 rings (SSSR count). The van der Waals surface area contributed by atoms with Crippen molar-refractivity contribution in [3.8, 4) is 17.2 Å². The lowest BCUT2D eigenvalue weighted by molar-refractivity contribution is -0.125. The maximum Gasteiger partial charge on any atom is 0.255 e. The van der Waals surface area contributed by atoms with E-state index >= 15 is 0 Å². The number of fused-ring (bicyclic) bond motifs is 1. The van der Waals surface area contributed by atoms with Gasteiger partial charge in [-0.3, -0.25) is 9.59 Å². The molecule has 0 saturated heterocycles. The zero-order valence-electron chi connectivity index (χ0n) is 19.5. The van der Waals surface area contributed by atoms with Crippen molar-refractivity contribution in [3.63, 3.8) is 0 Å². The lowest BCUT2D eigenvalue weighted by atomic mass is 10.0. The molecule has 0 aromatic heterocycles. The van der Waals surface area contributed by atoms with Crippen LogP contribution in [0, 0.1) is 0 Å². The van der Waals surface area contributed by atoms with Crippen molar-refractivity contribution >= 4 is 11.8 Å². The Morgan fingerprint density at radius 1 is 0.882 bits per heavy atom. The Labute approximate surface area is 199 Å². The van der Waals surface area contributed by atoms with E-state index in [4.69, 9.17) is 14.2 Å². The third-order valence-corrected chi connectivity index (χ3v) is 6.00. The molecule has 1 N–H and O–H groups in total. The number of nitrogens with zero attached hydrogens (tertiary/aromatic N) is 1. The number of methoxy groups -OCH3 is 3. The molecule has 0 aliphatic carbocycles. The minimum atomic E-state index is -0.709. The van der Waals surface area contributed by atoms with Gasteiger partial charge in [-0.05, 0) is 41.8 Å². The summed E-state index contributed by atoms with van der Waals surface area (Å²) in [4.78, 5) is 28.2. The summed E-state index contributed by atoms with van der Waals surface area (Å²) in [5.41, 5.74) is 3.12. The fraction of sp³-hybridized carbons (Fsp3) is 0.259. The van der Waals surface area contributed by atoms with Gasteiger partial charge in [0.05, 0.1) is 27.9 Å². The zero-order valence-corrected chi connectivity index (χ0v) is 19.5. The first-order valence-corrected chi connectivity index (χ1v) is 11.1. The number of hydrogen-bond acceptors (Lipinski definition) is 5. The lowest BCUT2D eigenvalue weighted by Crippen LogP contribution is -2.39. The number of para-hydroxylation sites is 1. The van der Waals surface area contributed by atoms with Crippen LogP contribution in [0.25, 0.3) is 0 Å². The Morgan fingerprint density at radius 3 is 2.35 bits per heavy atom. The highest BCUT2D eigenvalue weighted by Gasteiger charge is 2.41. The van der Waals surface area contributed by atoms with E-state index in [1.165, 1.54) is 0 Å². The SMILES string of the molecule is COc1ccccc1CN1C(=O)c2ccccc2[C@@H]1C(=O)NCCc1ccc(OC)c(OC)c1. The van der Waals surface area contributed by atoms with Crippen molar-refractivity contribution in [2.45, 2.75) is 19.0 Å². The van der Waals surface area contributed by atoms with Gasteiger partial charge >= 0.3 is 0 Å². The van der Waals surface area contributed by atoms with Gasteiger partial charge in [0.2, 0.25) is 5.91 Å². The molecule has 0 radical (unpaired) electrons. The predicted octanol–water partition coefficient (Wildman–Crippen LogP) is 3.77. The number of hydrogen-bond donors (Lipinski definition) is 1. The second-order valence-electron chi connectivity index (χ2n) is 7.97. The molecule has 1 aliphatic heterocycles. The first kappa shape index (κ1) is 23.2. The summed E-state index contributed by atoms with van der Waals surface area (Å²) >= 11 is 0. The molecule has 3 aromatic rings. The van der Waals surface area contributed by atoms with Crippen molar-refractivity contribution in [3.05, 3.63) is 89.0 Å². The molecule has 7 heteroatoms. The van der Waals surface area contributed by atoms with E-state index in [2.05, 4.69) is 5.32 Å². The molecule has 0 bridgehead atoms. The summed E-state index contributed by atoms with van der Waals surface area (Å²) in [6, 6.07) is 19.8. The third kappa shape index (κ3) is 4.55. The monoisotopic (exact) mass is 460 g/mol. The molecule has 1 atom stereocenters. The van der Waals surface area contributed by atoms with Crippen LogP contribution in [0.4, 0.5) is 0 Å². The molecule has 3 aromatic carbocycles. The number of rotatable bonds is 9. The number of carbonyl (C=O) groups is 2. The molecule has 7 nitrogen and oxygen atoms in total. The Kier molecular flexibility index (Phi) is 7.01. The highest BCUT2D eigenvalue weighted by Crippen LogP contribution is 2.36. The molecular weight excluding hydrogens is 432 g/mol. The van der Waals surface area contributed by atoms with Gasteiger partial charge in [-0.1, -0.05) is 42.5 Å². The highest BCUT2D eigenvalue weighted by atomic mass is 16.5. The molecular formula is C27H28N2O5. The zero-order chi connectivity index (χ0) is 24.1. The van der Waals surface area contributed by atoms with Crippen LogP contribution in [-0.2, 0) is 17.8 Å². The smallest absolute Gasteiger partial charge is 0.255 e. The average Bonchev–Trinajstić information content (AvgIpc) is 3.15. The van der Waals surface area contributed by atoms with Crippen molar-refractivity contribution in [2.24, 2.45) is 0 Å². The number of nitrogens with one attached hydrogen (secondary N) is 1. The standard InChI is InChI=1S/C27H28N2O5/c1-32-22-11-7-4-8-19(22)17-29-25(20-9-5-6-10-21(20)27(29)31)26(30)28-15-14-18-12-13-23(33-2)24(16-18)34-3/h4-13,16,25H,14-15,17H2,1-3H3,(H,28,30)/t25-/m1/s1. The van der Waals surface area contributed by atoms with Gasteiger partial charge < -0.3 is 24.4 Å². The average molecular weight is 461 g/mol. The van der Waals surface area contributed by atoms with Crippen LogP contribution < -0.4 is 19.5 Å². The first-order chi connectivity index (χ1) is 16.6. The molecule has 0 spiro atoms. The van der Waals surface area contributed by atoms with Gasteiger partial charge in [-0.25, -0.2) is 0 Å². The van der Waals surface area contributed by atoms with Crippen LogP contribution in [0.1, 0.15) is 33.1 Å². The molecule has 0 saturated carbocycles. The summed E-state index contributed by atoms with van der Waals surface area (Å²) in [7, 11) is 4.78. The van der Waals surface area contributed by atoms with Crippen molar-refractivity contribution in [1.82, 2.24) is 10.2 Å². The topological polar surface area (TPSA) is 77.1 Å². The van der Waals surface area contributed by atoms with Crippen LogP contribution >= 0.6 is 0 Å². The molecule has 1 heterocycles. The van der Waals surface area contributed by atoms with Crippen LogP contribution in [0.15, 0.2) is 66.7 Å². The molecule has 34 heavy (non-hydrogen) atoms. The maximum atomic E-state index is 13.3. The minimum absolute atomic E-state index is 0.165. The Morgan fingerprint density at radius 2 is 1.59 bits per heavy atom. The minimum Gasteiger partial charge on any atom is -0.496 e. The number of amides is 2. The summed E-state index contributed by atoms with van der Waals surface area (Å²) in [5.74, 6) is 1.60. The fourth-order valence-electron chi connectivity index (χ4n) is 4.30. The second kappa shape index (κ2) is 10.3. The summed E-state index contributed by atoms with van der Waals surface area (Å²) in [6.07, 6.45) is 0.612. The summed E-state index contributed by atoms with van der Waals surface area (Å²) in [5, 5.41) is 3.01. The molecule has 0 fully saturated rings. The van der Waals surface area contributed by atoms with Gasteiger partial charge in [0.25, 0.3) is 5.91 Å². The van der Waals surface area contributed by atoms with Gasteiger partial charge in [0.15, 0.2) is 11.5 Å². The van der Waals surface area contributed by atoms with Crippen LogP contribution in [-0.4, -0.2) is 44.6 Å². The summed E-state index contributed by atoms with van der Waals surface area (Å²) in [6.45, 7) is 0.689. The normalized spacial score (nSPS) is 14.5. The third-order valence-electron chi connectivity index (χ3n) is 6.00. The molecule has 2 amide bonds. The van der Waals surface area contributed by atoms with E-state index in [0.29, 0.717) is 41.3 Å². The highest BCUT2D eigenvalue weighted by molar-refractivity contribution is 6.04. The molecule has 0 unspecified atom stereocenters. The lowest BCUT2D eigenvalue weighted by Gasteiger charge is -2.25. The van der Waals surface area contributed by atoms with Crippen molar-refractivity contribution < 1.29 is 23.8 Å². The fourth-order valence-corrected chi connectivity index (χ4v) is 4.30. The van der Waals surface area contributed by atoms with E-state index < -0.39 is 6.04 Å². The predicted molar refractivity (Wildman–Crippen MR) is 128 cm³/mol. The van der Waals surface area contributed by atoms with E-state index in [1.54, 1.807) is 32.3 Å². The number of carbonyl (C=O) groups excluding carboxylic acids is 2. The molecule has 176 valence electrons. The number of ether oxygens (including phenoxy) is 3. The maximum absolute atomic E-state index is 13.3. The Bertz CT molecular complexity index is 1190. The van der Waals surface area contributed by atoms with E-state index in [9.17, 15) is 9.59 Å². The van der Waals surface area contributed by atoms with Gasteiger partial charge in [-0.2, -0.15) is 0 Å². The van der Waals surface area contributed by atoms with Crippen LogP contribution in [0.3, 0.4) is 0 Å². The Balaban J connectivity index is 1.51. The van der Waals surface area contributed by atoms with Gasteiger partial charge in [0.1, 0.15) is 11.8 Å². The first-order valence-electron chi connectivity index (χ1n) is 11.1. The van der Waals surface area contributed by atoms with Crippen molar-refractivity contribution in [2.75, 3.05) is 27.9 Å². The van der Waals surface area contributed by atoms with Crippen LogP contribution in [0.5, 0.6) is 17.2 Å². The molecule has 1 aliphatic rings. The van der Waals surface area contributed by atoms with E-state index in [0.717, 1.165) is 11.1 Å². The van der Waals surface area contributed by atoms with E-state index in [-0.39, 0.29) is 18.4 Å². The van der Waals surface area contributed by atoms with Crippen LogP contribution in [0.2, 0.25) is 0 Å². The Hall–Kier alpha value is -4.00.